The zero-order valence-electron chi connectivity index (χ0n) is 19.8. The van der Waals surface area contributed by atoms with E-state index in [1.807, 2.05) is 6.92 Å². The molecule has 2 aromatic carbocycles. The number of benzene rings is 2. The van der Waals surface area contributed by atoms with Crippen molar-refractivity contribution in [2.24, 2.45) is 0 Å². The molecule has 0 saturated heterocycles. The predicted octanol–water partition coefficient (Wildman–Crippen LogP) is 4.31. The van der Waals surface area contributed by atoms with Crippen LogP contribution in [0, 0.1) is 11.3 Å². The summed E-state index contributed by atoms with van der Waals surface area (Å²) in [5, 5.41) is 14.7. The summed E-state index contributed by atoms with van der Waals surface area (Å²) in [7, 11) is 1.56. The predicted molar refractivity (Wildman–Crippen MR) is 134 cm³/mol. The molecule has 0 fully saturated rings. The number of ether oxygens (including phenoxy) is 1. The maximum atomic E-state index is 13.6. The molecule has 184 valence electrons. The van der Waals surface area contributed by atoms with Gasteiger partial charge in [-0.1, -0.05) is 23.2 Å². The molecule has 0 aliphatic carbocycles. The zero-order chi connectivity index (χ0) is 25.6. The third-order valence-corrected chi connectivity index (χ3v) is 7.49. The fraction of sp³-hybridized carbons (Fsp3) is 0.308. The summed E-state index contributed by atoms with van der Waals surface area (Å²) < 4.78 is 7.21. The molecule has 0 saturated carbocycles. The van der Waals surface area contributed by atoms with Gasteiger partial charge in [0.15, 0.2) is 0 Å². The van der Waals surface area contributed by atoms with Crippen LogP contribution in [0.4, 0.5) is 0 Å². The molecule has 0 unspecified atom stereocenters. The topological polar surface area (TPSA) is 91.5 Å². The molecule has 10 heteroatoms. The van der Waals surface area contributed by atoms with Crippen molar-refractivity contribution in [2.75, 3.05) is 13.7 Å². The summed E-state index contributed by atoms with van der Waals surface area (Å²) >= 11 is 12.2. The number of rotatable bonds is 4. The summed E-state index contributed by atoms with van der Waals surface area (Å²) in [6.45, 7) is 3.58. The molecule has 1 atom stereocenters. The van der Waals surface area contributed by atoms with Gasteiger partial charge in [0.1, 0.15) is 11.4 Å². The van der Waals surface area contributed by atoms with E-state index in [1.165, 1.54) is 0 Å². The van der Waals surface area contributed by atoms with Crippen molar-refractivity contribution in [3.8, 4) is 11.8 Å². The minimum absolute atomic E-state index is 0.0967. The minimum Gasteiger partial charge on any atom is -0.496 e. The van der Waals surface area contributed by atoms with Gasteiger partial charge in [0.25, 0.3) is 11.8 Å². The van der Waals surface area contributed by atoms with E-state index < -0.39 is 0 Å². The number of halogens is 2. The Morgan fingerprint density at radius 1 is 1.19 bits per heavy atom. The lowest BCUT2D eigenvalue weighted by Gasteiger charge is -2.34. The molecular weight excluding hydrogens is 501 g/mol. The van der Waals surface area contributed by atoms with Crippen LogP contribution >= 0.6 is 23.2 Å². The van der Waals surface area contributed by atoms with Crippen LogP contribution in [0.5, 0.6) is 5.75 Å². The lowest BCUT2D eigenvalue weighted by molar-refractivity contribution is 0.0636. The third-order valence-electron chi connectivity index (χ3n) is 6.75. The summed E-state index contributed by atoms with van der Waals surface area (Å²) in [4.78, 5) is 30.5. The first-order valence-corrected chi connectivity index (χ1v) is 12.3. The number of hydrogen-bond acceptors (Lipinski definition) is 5. The van der Waals surface area contributed by atoms with E-state index in [2.05, 4.69) is 6.07 Å². The minimum atomic E-state index is -0.176. The monoisotopic (exact) mass is 523 g/mol. The third kappa shape index (κ3) is 4.19. The second kappa shape index (κ2) is 9.49. The molecule has 3 heterocycles. The zero-order valence-corrected chi connectivity index (χ0v) is 21.3. The molecular formula is C26H23Cl2N5O3. The smallest absolute Gasteiger partial charge is 0.272 e. The number of amides is 2. The fourth-order valence-electron chi connectivity index (χ4n) is 4.86. The fourth-order valence-corrected chi connectivity index (χ4v) is 5.16. The average Bonchev–Trinajstić information content (AvgIpc) is 3.24. The van der Waals surface area contributed by atoms with Gasteiger partial charge in [-0.15, -0.1) is 0 Å². The SMILES string of the molecule is COc1ccc(C#N)cc1CN1CCn2nc3c(c2C1=O)CN(C(=O)c1ccc(Cl)c(Cl)c1)[C@H](C)C3. The number of nitrogens with zero attached hydrogens (tertiary/aromatic N) is 5. The molecule has 0 spiro atoms. The summed E-state index contributed by atoms with van der Waals surface area (Å²) in [6.07, 6.45) is 0.549. The van der Waals surface area contributed by atoms with E-state index >= 15 is 0 Å². The Morgan fingerprint density at radius 2 is 2.00 bits per heavy atom. The lowest BCUT2D eigenvalue weighted by Crippen LogP contribution is -2.44. The normalized spacial score (nSPS) is 16.9. The van der Waals surface area contributed by atoms with E-state index in [-0.39, 0.29) is 24.4 Å². The molecule has 0 radical (unpaired) electrons. The highest BCUT2D eigenvalue weighted by atomic mass is 35.5. The van der Waals surface area contributed by atoms with Crippen LogP contribution < -0.4 is 4.74 Å². The first kappa shape index (κ1) is 24.2. The van der Waals surface area contributed by atoms with Crippen molar-refractivity contribution in [2.45, 2.75) is 39.0 Å². The molecule has 1 aromatic heterocycles. The van der Waals surface area contributed by atoms with E-state index in [0.29, 0.717) is 58.7 Å². The van der Waals surface area contributed by atoms with Crippen molar-refractivity contribution in [3.63, 3.8) is 0 Å². The summed E-state index contributed by atoms with van der Waals surface area (Å²) in [6, 6.07) is 12.0. The number of fused-ring (bicyclic) bond motifs is 3. The molecule has 3 aromatic rings. The van der Waals surface area contributed by atoms with E-state index in [1.54, 1.807) is 58.0 Å². The Labute approximate surface area is 218 Å². The highest BCUT2D eigenvalue weighted by Gasteiger charge is 2.37. The van der Waals surface area contributed by atoms with Gasteiger partial charge < -0.3 is 14.5 Å². The summed E-state index contributed by atoms with van der Waals surface area (Å²) in [5.74, 6) is 0.288. The van der Waals surface area contributed by atoms with Gasteiger partial charge >= 0.3 is 0 Å². The molecule has 0 N–H and O–H groups in total. The van der Waals surface area contributed by atoms with Gasteiger partial charge in [-0.3, -0.25) is 14.3 Å². The van der Waals surface area contributed by atoms with Crippen LogP contribution in [0.25, 0.3) is 0 Å². The van der Waals surface area contributed by atoms with Gasteiger partial charge in [-0.25, -0.2) is 0 Å². The quantitative estimate of drug-likeness (QED) is 0.507. The second-order valence-corrected chi connectivity index (χ2v) is 9.79. The number of carbonyl (C=O) groups is 2. The average molecular weight is 524 g/mol. The Bertz CT molecular complexity index is 1430. The number of carbonyl (C=O) groups excluding carboxylic acids is 2. The standard InChI is InChI=1S/C26H23Cl2N5O3/c1-15-9-22-19(14-32(15)25(34)17-4-5-20(27)21(28)11-17)24-26(35)31(7-8-33(24)30-22)13-18-10-16(12-29)3-6-23(18)36-2/h3-6,10-11,15H,7-9,13-14H2,1-2H3/t15-/m1/s1. The van der Waals surface area contributed by atoms with Gasteiger partial charge in [0.2, 0.25) is 0 Å². The number of aromatic nitrogens is 2. The van der Waals surface area contributed by atoms with Crippen molar-refractivity contribution in [1.29, 1.82) is 5.26 Å². The van der Waals surface area contributed by atoms with Gasteiger partial charge in [0.05, 0.1) is 47.6 Å². The lowest BCUT2D eigenvalue weighted by atomic mass is 9.97. The van der Waals surface area contributed by atoms with E-state index in [4.69, 9.17) is 33.0 Å². The summed E-state index contributed by atoms with van der Waals surface area (Å²) in [5.41, 5.74) is 3.83. The largest absolute Gasteiger partial charge is 0.496 e. The van der Waals surface area contributed by atoms with E-state index in [9.17, 15) is 14.9 Å². The molecule has 2 aliphatic heterocycles. The molecule has 0 bridgehead atoms. The van der Waals surface area contributed by atoms with Crippen molar-refractivity contribution < 1.29 is 14.3 Å². The Hall–Kier alpha value is -3.54. The maximum Gasteiger partial charge on any atom is 0.272 e. The van der Waals surface area contributed by atoms with Gasteiger partial charge in [0, 0.05) is 42.2 Å². The molecule has 36 heavy (non-hydrogen) atoms. The van der Waals surface area contributed by atoms with Crippen LogP contribution in [0.3, 0.4) is 0 Å². The van der Waals surface area contributed by atoms with Crippen molar-refractivity contribution in [3.05, 3.63) is 80.1 Å². The van der Waals surface area contributed by atoms with Crippen LogP contribution in [0.2, 0.25) is 10.0 Å². The molecule has 2 amide bonds. The van der Waals surface area contributed by atoms with Crippen LogP contribution in [-0.2, 0) is 26.1 Å². The Morgan fingerprint density at radius 3 is 2.72 bits per heavy atom. The van der Waals surface area contributed by atoms with Crippen LogP contribution in [0.15, 0.2) is 36.4 Å². The van der Waals surface area contributed by atoms with Crippen molar-refractivity contribution >= 4 is 35.0 Å². The van der Waals surface area contributed by atoms with Crippen LogP contribution in [-0.4, -0.2) is 51.1 Å². The molecule has 2 aliphatic rings. The number of nitriles is 1. The van der Waals surface area contributed by atoms with Gasteiger partial charge in [-0.05, 0) is 43.3 Å². The molecule has 5 rings (SSSR count). The van der Waals surface area contributed by atoms with E-state index in [0.717, 1.165) is 16.8 Å². The van der Waals surface area contributed by atoms with Crippen LogP contribution in [0.1, 0.15) is 50.2 Å². The second-order valence-electron chi connectivity index (χ2n) is 8.98. The number of hydrogen-bond donors (Lipinski definition) is 0. The maximum absolute atomic E-state index is 13.6. The highest BCUT2D eigenvalue weighted by molar-refractivity contribution is 6.42. The number of methoxy groups -OCH3 is 1. The Kier molecular flexibility index (Phi) is 6.37. The first-order chi connectivity index (χ1) is 17.3. The first-order valence-electron chi connectivity index (χ1n) is 11.5. The van der Waals surface area contributed by atoms with Gasteiger partial charge in [-0.2, -0.15) is 10.4 Å². The molecule has 8 nitrogen and oxygen atoms in total. The Balaban J connectivity index is 1.43. The highest BCUT2D eigenvalue weighted by Crippen LogP contribution is 2.32. The van der Waals surface area contributed by atoms with Crippen molar-refractivity contribution in [1.82, 2.24) is 19.6 Å².